The molecule has 3 aromatic rings. The zero-order valence-electron chi connectivity index (χ0n) is 17.0. The number of carbonyl (C=O) groups excluding carboxylic acids is 1. The van der Waals surface area contributed by atoms with E-state index in [4.69, 9.17) is 9.47 Å². The minimum Gasteiger partial charge on any atom is -0.497 e. The smallest absolute Gasteiger partial charge is 0.272 e. The van der Waals surface area contributed by atoms with Crippen molar-refractivity contribution in [3.05, 3.63) is 71.7 Å². The second kappa shape index (κ2) is 9.05. The molecule has 150 valence electrons. The van der Waals surface area contributed by atoms with Crippen molar-refractivity contribution in [3.8, 4) is 11.5 Å². The molecule has 0 saturated heterocycles. The Balaban J connectivity index is 1.82. The fraction of sp³-hybridized carbons (Fsp3) is 0.227. The van der Waals surface area contributed by atoms with Gasteiger partial charge in [0.1, 0.15) is 28.8 Å². The quantitative estimate of drug-likeness (QED) is 0.659. The monoisotopic (exact) mass is 392 g/mol. The van der Waals surface area contributed by atoms with Gasteiger partial charge in [0.15, 0.2) is 0 Å². The van der Waals surface area contributed by atoms with Crippen LogP contribution in [0.5, 0.6) is 11.5 Å². The average Bonchev–Trinajstić information content (AvgIpc) is 2.73. The third kappa shape index (κ3) is 5.01. The molecule has 1 heterocycles. The second-order valence-electron chi connectivity index (χ2n) is 6.52. The Morgan fingerprint density at radius 3 is 2.48 bits per heavy atom. The van der Waals surface area contributed by atoms with Crippen LogP contribution in [0.1, 0.15) is 21.9 Å². The van der Waals surface area contributed by atoms with Crippen molar-refractivity contribution in [2.45, 2.75) is 13.5 Å². The predicted molar refractivity (Wildman–Crippen MR) is 112 cm³/mol. The van der Waals surface area contributed by atoms with Gasteiger partial charge in [-0.25, -0.2) is 9.97 Å². The first-order valence-electron chi connectivity index (χ1n) is 9.14. The number of anilines is 2. The Morgan fingerprint density at radius 1 is 1.03 bits per heavy atom. The Hall–Kier alpha value is -3.61. The largest absolute Gasteiger partial charge is 0.497 e. The van der Waals surface area contributed by atoms with Crippen LogP contribution in [-0.4, -0.2) is 42.0 Å². The average molecular weight is 392 g/mol. The van der Waals surface area contributed by atoms with Gasteiger partial charge in [-0.3, -0.25) is 4.79 Å². The van der Waals surface area contributed by atoms with Gasteiger partial charge in [0.05, 0.1) is 19.9 Å². The summed E-state index contributed by atoms with van der Waals surface area (Å²) in [5, 5.41) is 3.20. The summed E-state index contributed by atoms with van der Waals surface area (Å²) in [5.41, 5.74) is 2.09. The van der Waals surface area contributed by atoms with E-state index >= 15 is 0 Å². The van der Waals surface area contributed by atoms with Crippen molar-refractivity contribution in [3.63, 3.8) is 0 Å². The van der Waals surface area contributed by atoms with Crippen LogP contribution in [0.15, 0.2) is 54.6 Å². The number of methoxy groups -OCH3 is 2. The summed E-state index contributed by atoms with van der Waals surface area (Å²) in [5.74, 6) is 2.12. The molecule has 1 N–H and O–H groups in total. The molecule has 0 saturated carbocycles. The molecule has 29 heavy (non-hydrogen) atoms. The van der Waals surface area contributed by atoms with Crippen molar-refractivity contribution in [1.82, 2.24) is 14.9 Å². The Morgan fingerprint density at radius 2 is 1.79 bits per heavy atom. The molecular formula is C22H24N4O3. The fourth-order valence-electron chi connectivity index (χ4n) is 2.91. The van der Waals surface area contributed by atoms with Crippen LogP contribution in [0.4, 0.5) is 11.5 Å². The van der Waals surface area contributed by atoms with Crippen LogP contribution in [-0.2, 0) is 6.54 Å². The Labute approximate surface area is 170 Å². The maximum Gasteiger partial charge on any atom is 0.272 e. The number of aromatic nitrogens is 2. The molecule has 0 fully saturated rings. The van der Waals surface area contributed by atoms with E-state index in [-0.39, 0.29) is 5.91 Å². The molecule has 0 spiro atoms. The van der Waals surface area contributed by atoms with Gasteiger partial charge in [-0.2, -0.15) is 0 Å². The minimum absolute atomic E-state index is 0.177. The molecule has 2 aromatic carbocycles. The van der Waals surface area contributed by atoms with Crippen LogP contribution < -0.4 is 14.8 Å². The lowest BCUT2D eigenvalue weighted by Crippen LogP contribution is -2.27. The van der Waals surface area contributed by atoms with E-state index in [1.807, 2.05) is 42.5 Å². The van der Waals surface area contributed by atoms with E-state index in [0.29, 0.717) is 41.1 Å². The number of hydrogen-bond donors (Lipinski definition) is 1. The number of nitrogens with zero attached hydrogens (tertiary/aromatic N) is 3. The SMILES string of the molecule is COc1ccc(Nc2cc(C(=O)N(C)Cc3ccccc3)nc(C)n2)c(OC)c1. The van der Waals surface area contributed by atoms with Gasteiger partial charge in [0.2, 0.25) is 0 Å². The van der Waals surface area contributed by atoms with Crippen LogP contribution >= 0.6 is 0 Å². The van der Waals surface area contributed by atoms with E-state index in [2.05, 4.69) is 15.3 Å². The molecule has 7 heteroatoms. The lowest BCUT2D eigenvalue weighted by atomic mass is 10.2. The maximum absolute atomic E-state index is 12.9. The van der Waals surface area contributed by atoms with E-state index in [1.165, 1.54) is 0 Å². The highest BCUT2D eigenvalue weighted by atomic mass is 16.5. The summed E-state index contributed by atoms with van der Waals surface area (Å²) in [7, 11) is 4.94. The number of ether oxygens (including phenoxy) is 2. The number of carbonyl (C=O) groups is 1. The van der Waals surface area contributed by atoms with Crippen LogP contribution in [0.3, 0.4) is 0 Å². The number of amides is 1. The van der Waals surface area contributed by atoms with Crippen molar-refractivity contribution < 1.29 is 14.3 Å². The fourth-order valence-corrected chi connectivity index (χ4v) is 2.91. The molecule has 0 unspecified atom stereocenters. The summed E-state index contributed by atoms with van der Waals surface area (Å²) in [6.45, 7) is 2.25. The summed E-state index contributed by atoms with van der Waals surface area (Å²) >= 11 is 0. The third-order valence-corrected chi connectivity index (χ3v) is 4.34. The number of hydrogen-bond acceptors (Lipinski definition) is 6. The van der Waals surface area contributed by atoms with Crippen molar-refractivity contribution in [2.75, 3.05) is 26.6 Å². The summed E-state index contributed by atoms with van der Waals surface area (Å²) in [6.07, 6.45) is 0. The minimum atomic E-state index is -0.177. The normalized spacial score (nSPS) is 10.3. The molecule has 0 aliphatic carbocycles. The summed E-state index contributed by atoms with van der Waals surface area (Å²) in [4.78, 5) is 23.2. The predicted octanol–water partition coefficient (Wildman–Crippen LogP) is 3.82. The van der Waals surface area contributed by atoms with Gasteiger partial charge in [-0.1, -0.05) is 30.3 Å². The van der Waals surface area contributed by atoms with Crippen molar-refractivity contribution in [2.24, 2.45) is 0 Å². The van der Waals surface area contributed by atoms with Gasteiger partial charge >= 0.3 is 0 Å². The van der Waals surface area contributed by atoms with E-state index in [9.17, 15) is 4.79 Å². The molecule has 0 aliphatic rings. The van der Waals surface area contributed by atoms with E-state index in [1.54, 1.807) is 45.2 Å². The zero-order chi connectivity index (χ0) is 20.8. The first-order chi connectivity index (χ1) is 14.0. The van der Waals surface area contributed by atoms with Crippen molar-refractivity contribution >= 4 is 17.4 Å². The summed E-state index contributed by atoms with van der Waals surface area (Å²) < 4.78 is 10.6. The Kier molecular flexibility index (Phi) is 6.29. The van der Waals surface area contributed by atoms with Crippen LogP contribution in [0.25, 0.3) is 0 Å². The van der Waals surface area contributed by atoms with Gasteiger partial charge < -0.3 is 19.7 Å². The van der Waals surface area contributed by atoms with E-state index in [0.717, 1.165) is 5.56 Å². The first kappa shape index (κ1) is 20.1. The standard InChI is InChI=1S/C22H24N4O3/c1-15-23-19(22(27)26(2)14-16-8-6-5-7-9-16)13-21(24-15)25-18-11-10-17(28-3)12-20(18)29-4/h5-13H,14H2,1-4H3,(H,23,24,25). The molecule has 0 radical (unpaired) electrons. The first-order valence-corrected chi connectivity index (χ1v) is 9.14. The van der Waals surface area contributed by atoms with Crippen molar-refractivity contribution in [1.29, 1.82) is 0 Å². The molecule has 1 aromatic heterocycles. The zero-order valence-corrected chi connectivity index (χ0v) is 17.0. The van der Waals surface area contributed by atoms with Gasteiger partial charge in [0, 0.05) is 25.7 Å². The van der Waals surface area contributed by atoms with Gasteiger partial charge in [-0.15, -0.1) is 0 Å². The van der Waals surface area contributed by atoms with Gasteiger partial charge in [-0.05, 0) is 24.6 Å². The lowest BCUT2D eigenvalue weighted by Gasteiger charge is -2.18. The van der Waals surface area contributed by atoms with Crippen LogP contribution in [0.2, 0.25) is 0 Å². The highest BCUT2D eigenvalue weighted by Gasteiger charge is 2.16. The molecule has 0 atom stereocenters. The molecule has 0 aliphatic heterocycles. The molecule has 0 bridgehead atoms. The van der Waals surface area contributed by atoms with Gasteiger partial charge in [0.25, 0.3) is 5.91 Å². The number of nitrogens with one attached hydrogen (secondary N) is 1. The Bertz CT molecular complexity index is 993. The molecule has 1 amide bonds. The molecular weight excluding hydrogens is 368 g/mol. The maximum atomic E-state index is 12.9. The highest BCUT2D eigenvalue weighted by Crippen LogP contribution is 2.31. The second-order valence-corrected chi connectivity index (χ2v) is 6.52. The molecule has 7 nitrogen and oxygen atoms in total. The lowest BCUT2D eigenvalue weighted by molar-refractivity contribution is 0.0779. The highest BCUT2D eigenvalue weighted by molar-refractivity contribution is 5.93. The third-order valence-electron chi connectivity index (χ3n) is 4.34. The number of benzene rings is 2. The van der Waals surface area contributed by atoms with E-state index < -0.39 is 0 Å². The topological polar surface area (TPSA) is 76.6 Å². The number of aryl methyl sites for hydroxylation is 1. The number of rotatable bonds is 7. The molecule has 3 rings (SSSR count). The summed E-state index contributed by atoms with van der Waals surface area (Å²) in [6, 6.07) is 16.9. The van der Waals surface area contributed by atoms with Crippen LogP contribution in [0, 0.1) is 6.92 Å².